The van der Waals surface area contributed by atoms with Crippen molar-refractivity contribution in [1.82, 2.24) is 3.97 Å². The van der Waals surface area contributed by atoms with E-state index in [2.05, 4.69) is 0 Å². The van der Waals surface area contributed by atoms with Crippen LogP contribution >= 0.6 is 0 Å². The van der Waals surface area contributed by atoms with Crippen molar-refractivity contribution in [3.8, 4) is 0 Å². The van der Waals surface area contributed by atoms with Gasteiger partial charge in [0, 0.05) is 10.8 Å². The topological polar surface area (TPSA) is 91.7 Å². The third-order valence-corrected chi connectivity index (χ3v) is 6.60. The van der Waals surface area contributed by atoms with Crippen molar-refractivity contribution >= 4 is 43.8 Å². The second kappa shape index (κ2) is 7.31. The lowest BCUT2D eigenvalue weighted by molar-refractivity contribution is 0.0557. The molecule has 0 amide bonds. The van der Waals surface area contributed by atoms with Gasteiger partial charge >= 0.3 is 11.9 Å². The van der Waals surface area contributed by atoms with E-state index in [9.17, 15) is 18.0 Å². The molecule has 0 atom stereocenters. The van der Waals surface area contributed by atoms with Gasteiger partial charge in [-0.2, -0.15) is 0 Å². The number of carbonyl (C=O) groups excluding carboxylic acids is 2. The second-order valence-electron chi connectivity index (χ2n) is 6.47. The normalized spacial score (nSPS) is 11.5. The Morgan fingerprint density at radius 1 is 0.767 bits per heavy atom. The molecule has 0 fully saturated rings. The summed E-state index contributed by atoms with van der Waals surface area (Å²) in [5.41, 5.74) is 0.194. The average molecular weight is 423 g/mol. The van der Waals surface area contributed by atoms with Crippen LogP contribution in [0.3, 0.4) is 0 Å². The van der Waals surface area contributed by atoms with Crippen molar-refractivity contribution in [2.75, 3.05) is 14.2 Å². The van der Waals surface area contributed by atoms with Gasteiger partial charge in [-0.05, 0) is 24.3 Å². The van der Waals surface area contributed by atoms with E-state index in [1.54, 1.807) is 48.5 Å². The minimum atomic E-state index is -4.11. The highest BCUT2D eigenvalue weighted by atomic mass is 32.2. The molecule has 0 N–H and O–H groups in total. The maximum absolute atomic E-state index is 13.6. The molecule has 3 aromatic carbocycles. The largest absolute Gasteiger partial charge is 0.465 e. The summed E-state index contributed by atoms with van der Waals surface area (Å²) in [7, 11) is -1.75. The maximum atomic E-state index is 13.6. The predicted molar refractivity (Wildman–Crippen MR) is 111 cm³/mol. The third-order valence-electron chi connectivity index (χ3n) is 4.87. The fourth-order valence-corrected chi connectivity index (χ4v) is 5.11. The molecule has 0 aliphatic heterocycles. The van der Waals surface area contributed by atoms with Gasteiger partial charge in [0.15, 0.2) is 0 Å². The number of ether oxygens (including phenoxy) is 2. The Balaban J connectivity index is 2.26. The first-order valence-corrected chi connectivity index (χ1v) is 10.4. The van der Waals surface area contributed by atoms with Crippen LogP contribution in [0.5, 0.6) is 0 Å². The molecule has 152 valence electrons. The van der Waals surface area contributed by atoms with Crippen LogP contribution in [0.2, 0.25) is 0 Å². The minimum Gasteiger partial charge on any atom is -0.465 e. The van der Waals surface area contributed by atoms with Crippen molar-refractivity contribution in [3.05, 3.63) is 77.9 Å². The molecule has 8 heteroatoms. The van der Waals surface area contributed by atoms with Gasteiger partial charge in [-0.25, -0.2) is 22.0 Å². The number of methoxy groups -OCH3 is 2. The standard InChI is InChI=1S/C22H17NO6S/c1-28-21(24)17-13-12-16-15-10-6-7-11-18(15)23(20(16)19(17)22(25)29-2)30(26,27)14-8-4-3-5-9-14/h3-13H,1-2H3. The van der Waals surface area contributed by atoms with E-state index in [0.717, 1.165) is 3.97 Å². The Labute approximate surface area is 172 Å². The molecule has 7 nitrogen and oxygen atoms in total. The predicted octanol–water partition coefficient (Wildman–Crippen LogP) is 3.60. The van der Waals surface area contributed by atoms with Gasteiger partial charge in [-0.1, -0.05) is 42.5 Å². The molecule has 30 heavy (non-hydrogen) atoms. The zero-order chi connectivity index (χ0) is 21.5. The SMILES string of the molecule is COC(=O)c1ccc2c3ccccc3n(S(=O)(=O)c3ccccc3)c2c1C(=O)OC. The van der Waals surface area contributed by atoms with Crippen LogP contribution in [-0.2, 0) is 19.5 Å². The molecule has 4 rings (SSSR count). The first-order chi connectivity index (χ1) is 14.4. The fraction of sp³-hybridized carbons (Fsp3) is 0.0909. The summed E-state index contributed by atoms with van der Waals surface area (Å²) in [4.78, 5) is 25.1. The fourth-order valence-electron chi connectivity index (χ4n) is 3.55. The highest BCUT2D eigenvalue weighted by Gasteiger charge is 2.30. The minimum absolute atomic E-state index is 0.0481. The first-order valence-electron chi connectivity index (χ1n) is 8.95. The van der Waals surface area contributed by atoms with Crippen molar-refractivity contribution in [3.63, 3.8) is 0 Å². The Kier molecular flexibility index (Phi) is 4.79. The van der Waals surface area contributed by atoms with Gasteiger partial charge in [0.25, 0.3) is 10.0 Å². The van der Waals surface area contributed by atoms with Gasteiger partial charge in [-0.3, -0.25) is 0 Å². The van der Waals surface area contributed by atoms with Gasteiger partial charge < -0.3 is 9.47 Å². The lowest BCUT2D eigenvalue weighted by atomic mass is 10.0. The van der Waals surface area contributed by atoms with Crippen LogP contribution in [0.1, 0.15) is 20.7 Å². The molecule has 4 aromatic rings. The Morgan fingerprint density at radius 3 is 2.07 bits per heavy atom. The van der Waals surface area contributed by atoms with Crippen LogP contribution in [0.4, 0.5) is 0 Å². The molecular formula is C22H17NO6S. The van der Waals surface area contributed by atoms with Crippen LogP contribution in [0, 0.1) is 0 Å². The van der Waals surface area contributed by atoms with Gasteiger partial charge in [0.05, 0.1) is 41.3 Å². The molecular weight excluding hydrogens is 406 g/mol. The number of para-hydroxylation sites is 1. The molecule has 1 heterocycles. The van der Waals surface area contributed by atoms with Crippen LogP contribution in [0.15, 0.2) is 71.6 Å². The second-order valence-corrected chi connectivity index (χ2v) is 8.25. The van der Waals surface area contributed by atoms with Crippen molar-refractivity contribution < 1.29 is 27.5 Å². The number of fused-ring (bicyclic) bond motifs is 3. The molecule has 0 unspecified atom stereocenters. The Hall–Kier alpha value is -3.65. The van der Waals surface area contributed by atoms with E-state index >= 15 is 0 Å². The summed E-state index contributed by atoms with van der Waals surface area (Å²) in [5, 5.41) is 1.12. The summed E-state index contributed by atoms with van der Waals surface area (Å²) >= 11 is 0. The lowest BCUT2D eigenvalue weighted by Gasteiger charge is -2.13. The van der Waals surface area contributed by atoms with E-state index in [4.69, 9.17) is 9.47 Å². The zero-order valence-electron chi connectivity index (χ0n) is 16.2. The van der Waals surface area contributed by atoms with Crippen LogP contribution in [-0.4, -0.2) is 38.5 Å². The van der Waals surface area contributed by atoms with E-state index in [1.807, 2.05) is 0 Å². The third kappa shape index (κ3) is 2.84. The molecule has 0 aliphatic rings. The number of hydrogen-bond donors (Lipinski definition) is 0. The molecule has 0 bridgehead atoms. The lowest BCUT2D eigenvalue weighted by Crippen LogP contribution is -2.18. The van der Waals surface area contributed by atoms with E-state index < -0.39 is 22.0 Å². The first kappa shape index (κ1) is 19.7. The number of benzene rings is 3. The Bertz CT molecular complexity index is 1400. The van der Waals surface area contributed by atoms with Gasteiger partial charge in [0.1, 0.15) is 0 Å². The molecule has 0 spiro atoms. The summed E-state index contributed by atoms with van der Waals surface area (Å²) < 4.78 is 38.0. The number of rotatable bonds is 4. The zero-order valence-corrected chi connectivity index (χ0v) is 17.0. The number of hydrogen-bond acceptors (Lipinski definition) is 6. The molecule has 0 saturated carbocycles. The van der Waals surface area contributed by atoms with Crippen LogP contribution < -0.4 is 0 Å². The molecule has 0 saturated heterocycles. The smallest absolute Gasteiger partial charge is 0.340 e. The molecule has 0 aliphatic carbocycles. The molecule has 1 aromatic heterocycles. The van der Waals surface area contributed by atoms with E-state index in [1.165, 1.54) is 32.4 Å². The van der Waals surface area contributed by atoms with E-state index in [0.29, 0.717) is 16.3 Å². The summed E-state index contributed by atoms with van der Waals surface area (Å²) in [5.74, 6) is -1.61. The van der Waals surface area contributed by atoms with Crippen molar-refractivity contribution in [2.24, 2.45) is 0 Å². The van der Waals surface area contributed by atoms with Crippen molar-refractivity contribution in [1.29, 1.82) is 0 Å². The van der Waals surface area contributed by atoms with Crippen molar-refractivity contribution in [2.45, 2.75) is 4.90 Å². The monoisotopic (exact) mass is 423 g/mol. The van der Waals surface area contributed by atoms with E-state index in [-0.39, 0.29) is 21.5 Å². The number of esters is 2. The van der Waals surface area contributed by atoms with Gasteiger partial charge in [0.2, 0.25) is 0 Å². The summed E-state index contributed by atoms with van der Waals surface area (Å²) in [6, 6.07) is 17.8. The Morgan fingerprint density at radius 2 is 1.40 bits per heavy atom. The quantitative estimate of drug-likeness (QED) is 0.466. The summed E-state index contributed by atoms with van der Waals surface area (Å²) in [6.07, 6.45) is 0. The van der Waals surface area contributed by atoms with Gasteiger partial charge in [-0.15, -0.1) is 0 Å². The maximum Gasteiger partial charge on any atom is 0.340 e. The highest BCUT2D eigenvalue weighted by molar-refractivity contribution is 7.90. The highest BCUT2D eigenvalue weighted by Crippen LogP contribution is 2.36. The average Bonchev–Trinajstić information content (AvgIpc) is 3.13. The number of aromatic nitrogens is 1. The molecule has 0 radical (unpaired) electrons. The summed E-state index contributed by atoms with van der Waals surface area (Å²) in [6.45, 7) is 0. The van der Waals surface area contributed by atoms with Crippen LogP contribution in [0.25, 0.3) is 21.8 Å². The number of nitrogens with zero attached hydrogens (tertiary/aromatic N) is 1. The number of carbonyl (C=O) groups is 2.